The molecule has 0 bridgehead atoms. The third-order valence-corrected chi connectivity index (χ3v) is 5.33. The molecular weight excluding hydrogens is 396 g/mol. The molecule has 3 aromatic rings. The SMILES string of the molecule is COc1cccc(-n2cc([C@@H](C)Nc3nccc(N4C(=O)OCC4C(C)C)n3)cn2)c1. The second-order valence-electron chi connectivity index (χ2n) is 7.78. The van der Waals surface area contributed by atoms with Crippen molar-refractivity contribution in [2.45, 2.75) is 32.9 Å². The van der Waals surface area contributed by atoms with E-state index in [1.165, 1.54) is 0 Å². The highest BCUT2D eigenvalue weighted by atomic mass is 16.6. The molecule has 0 saturated carbocycles. The first-order valence-corrected chi connectivity index (χ1v) is 10.2. The van der Waals surface area contributed by atoms with Crippen LogP contribution in [0.3, 0.4) is 0 Å². The van der Waals surface area contributed by atoms with Crippen LogP contribution in [0.5, 0.6) is 5.75 Å². The number of nitrogens with one attached hydrogen (secondary N) is 1. The lowest BCUT2D eigenvalue weighted by atomic mass is 10.0. The molecule has 1 aliphatic heterocycles. The summed E-state index contributed by atoms with van der Waals surface area (Å²) in [6.45, 7) is 6.48. The largest absolute Gasteiger partial charge is 0.497 e. The maximum atomic E-state index is 12.2. The first kappa shape index (κ1) is 20.6. The summed E-state index contributed by atoms with van der Waals surface area (Å²) in [6.07, 6.45) is 5.01. The van der Waals surface area contributed by atoms with Gasteiger partial charge in [0.05, 0.1) is 31.1 Å². The van der Waals surface area contributed by atoms with Crippen LogP contribution in [0.1, 0.15) is 32.4 Å². The molecule has 1 aromatic carbocycles. The lowest BCUT2D eigenvalue weighted by Crippen LogP contribution is -2.37. The molecular formula is C22H26N6O3. The van der Waals surface area contributed by atoms with Crippen LogP contribution in [0.4, 0.5) is 16.6 Å². The number of aromatic nitrogens is 4. The molecule has 31 heavy (non-hydrogen) atoms. The van der Waals surface area contributed by atoms with Gasteiger partial charge in [-0.3, -0.25) is 4.90 Å². The Balaban J connectivity index is 1.51. The van der Waals surface area contributed by atoms with Crippen molar-refractivity contribution < 1.29 is 14.3 Å². The highest BCUT2D eigenvalue weighted by Crippen LogP contribution is 2.27. The lowest BCUT2D eigenvalue weighted by molar-refractivity contribution is 0.177. The monoisotopic (exact) mass is 422 g/mol. The topological polar surface area (TPSA) is 94.4 Å². The summed E-state index contributed by atoms with van der Waals surface area (Å²) in [4.78, 5) is 22.7. The van der Waals surface area contributed by atoms with Crippen molar-refractivity contribution in [1.29, 1.82) is 0 Å². The van der Waals surface area contributed by atoms with Crippen LogP contribution in [-0.4, -0.2) is 45.6 Å². The zero-order chi connectivity index (χ0) is 22.0. The van der Waals surface area contributed by atoms with Crippen LogP contribution >= 0.6 is 0 Å². The average Bonchev–Trinajstić information content (AvgIpc) is 3.41. The van der Waals surface area contributed by atoms with E-state index in [9.17, 15) is 4.79 Å². The van der Waals surface area contributed by atoms with Gasteiger partial charge in [0.2, 0.25) is 5.95 Å². The standard InChI is InChI=1S/C22H26N6O3/c1-14(2)19-13-31-22(29)28(19)20-8-9-23-21(26-20)25-15(3)16-11-24-27(12-16)17-6-5-7-18(10-17)30-4/h5-12,14-15,19H,13H2,1-4H3,(H,23,25,26)/t15-,19?/m1/s1. The number of cyclic esters (lactones) is 1. The van der Waals surface area contributed by atoms with Crippen molar-refractivity contribution in [2.75, 3.05) is 23.9 Å². The normalized spacial score (nSPS) is 17.0. The highest BCUT2D eigenvalue weighted by Gasteiger charge is 2.37. The molecule has 1 aliphatic rings. The first-order chi connectivity index (χ1) is 15.0. The van der Waals surface area contributed by atoms with Gasteiger partial charge in [0.1, 0.15) is 18.2 Å². The summed E-state index contributed by atoms with van der Waals surface area (Å²) in [7, 11) is 1.64. The molecule has 4 rings (SSSR count). The minimum absolute atomic E-state index is 0.0474. The summed E-state index contributed by atoms with van der Waals surface area (Å²) in [6, 6.07) is 9.27. The smallest absolute Gasteiger partial charge is 0.415 e. The number of ether oxygens (including phenoxy) is 2. The molecule has 0 spiro atoms. The number of amides is 1. The van der Waals surface area contributed by atoms with E-state index in [2.05, 4.69) is 34.2 Å². The van der Waals surface area contributed by atoms with Crippen molar-refractivity contribution in [2.24, 2.45) is 5.92 Å². The van der Waals surface area contributed by atoms with Gasteiger partial charge in [0, 0.05) is 24.0 Å². The number of rotatable bonds is 7. The van der Waals surface area contributed by atoms with Gasteiger partial charge in [-0.05, 0) is 31.0 Å². The van der Waals surface area contributed by atoms with Crippen LogP contribution in [0.2, 0.25) is 0 Å². The minimum atomic E-state index is -0.379. The second-order valence-corrected chi connectivity index (χ2v) is 7.78. The minimum Gasteiger partial charge on any atom is -0.497 e. The van der Waals surface area contributed by atoms with Crippen molar-refractivity contribution in [1.82, 2.24) is 19.7 Å². The first-order valence-electron chi connectivity index (χ1n) is 10.2. The fourth-order valence-corrected chi connectivity index (χ4v) is 3.47. The third-order valence-electron chi connectivity index (χ3n) is 5.33. The summed E-state index contributed by atoms with van der Waals surface area (Å²) in [5.74, 6) is 1.98. The van der Waals surface area contributed by atoms with Crippen molar-refractivity contribution >= 4 is 17.9 Å². The number of carbonyl (C=O) groups excluding carboxylic acids is 1. The highest BCUT2D eigenvalue weighted by molar-refractivity contribution is 5.89. The maximum absolute atomic E-state index is 12.2. The number of carbonyl (C=O) groups is 1. The predicted octanol–water partition coefficient (Wildman–Crippen LogP) is 3.83. The molecule has 2 aromatic heterocycles. The molecule has 1 amide bonds. The average molecular weight is 422 g/mol. The van der Waals surface area contributed by atoms with E-state index >= 15 is 0 Å². The van der Waals surface area contributed by atoms with Gasteiger partial charge < -0.3 is 14.8 Å². The number of nitrogens with zero attached hydrogens (tertiary/aromatic N) is 5. The number of hydrogen-bond donors (Lipinski definition) is 1. The molecule has 162 valence electrons. The number of hydrogen-bond acceptors (Lipinski definition) is 7. The molecule has 1 unspecified atom stereocenters. The molecule has 1 N–H and O–H groups in total. The molecule has 0 radical (unpaired) electrons. The molecule has 9 nitrogen and oxygen atoms in total. The van der Waals surface area contributed by atoms with Gasteiger partial charge in [0.15, 0.2) is 0 Å². The van der Waals surface area contributed by atoms with E-state index in [-0.39, 0.29) is 24.1 Å². The Morgan fingerprint density at radius 1 is 1.26 bits per heavy atom. The molecule has 2 atom stereocenters. The van der Waals surface area contributed by atoms with E-state index in [0.717, 1.165) is 17.0 Å². The molecule has 1 saturated heterocycles. The van der Waals surface area contributed by atoms with Crippen LogP contribution in [0.25, 0.3) is 5.69 Å². The Labute approximate surface area is 181 Å². The van der Waals surface area contributed by atoms with E-state index in [1.807, 2.05) is 37.4 Å². The maximum Gasteiger partial charge on any atom is 0.415 e. The molecule has 3 heterocycles. The van der Waals surface area contributed by atoms with Gasteiger partial charge in [0.25, 0.3) is 0 Å². The second kappa shape index (κ2) is 8.63. The quantitative estimate of drug-likeness (QED) is 0.618. The fourth-order valence-electron chi connectivity index (χ4n) is 3.47. The van der Waals surface area contributed by atoms with Crippen LogP contribution < -0.4 is 15.0 Å². The van der Waals surface area contributed by atoms with Gasteiger partial charge in [-0.25, -0.2) is 14.5 Å². The number of benzene rings is 1. The summed E-state index contributed by atoms with van der Waals surface area (Å²) >= 11 is 0. The third kappa shape index (κ3) is 4.30. The molecule has 0 aliphatic carbocycles. The van der Waals surface area contributed by atoms with Crippen molar-refractivity contribution in [3.63, 3.8) is 0 Å². The summed E-state index contributed by atoms with van der Waals surface area (Å²) in [5.41, 5.74) is 1.88. The zero-order valence-corrected chi connectivity index (χ0v) is 18.0. The Morgan fingerprint density at radius 3 is 2.87 bits per heavy atom. The number of anilines is 2. The van der Waals surface area contributed by atoms with Crippen molar-refractivity contribution in [3.8, 4) is 11.4 Å². The lowest BCUT2D eigenvalue weighted by Gasteiger charge is -2.23. The zero-order valence-electron chi connectivity index (χ0n) is 18.0. The van der Waals surface area contributed by atoms with Gasteiger partial charge >= 0.3 is 6.09 Å². The van der Waals surface area contributed by atoms with Crippen LogP contribution in [0, 0.1) is 5.92 Å². The van der Waals surface area contributed by atoms with Gasteiger partial charge in [-0.15, -0.1) is 0 Å². The van der Waals surface area contributed by atoms with Gasteiger partial charge in [-0.1, -0.05) is 19.9 Å². The summed E-state index contributed by atoms with van der Waals surface area (Å²) in [5, 5.41) is 7.74. The molecule has 9 heteroatoms. The Kier molecular flexibility index (Phi) is 5.75. The van der Waals surface area contributed by atoms with Crippen LogP contribution in [-0.2, 0) is 4.74 Å². The van der Waals surface area contributed by atoms with E-state index < -0.39 is 0 Å². The molecule has 1 fully saturated rings. The van der Waals surface area contributed by atoms with Crippen molar-refractivity contribution in [3.05, 3.63) is 54.5 Å². The van der Waals surface area contributed by atoms with E-state index in [1.54, 1.807) is 35.2 Å². The Bertz CT molecular complexity index is 1070. The summed E-state index contributed by atoms with van der Waals surface area (Å²) < 4.78 is 12.3. The Morgan fingerprint density at radius 2 is 2.10 bits per heavy atom. The van der Waals surface area contributed by atoms with E-state index in [0.29, 0.717) is 18.4 Å². The number of methoxy groups -OCH3 is 1. The van der Waals surface area contributed by atoms with Gasteiger partial charge in [-0.2, -0.15) is 10.1 Å². The van der Waals surface area contributed by atoms with E-state index in [4.69, 9.17) is 9.47 Å². The fraction of sp³-hybridized carbons (Fsp3) is 0.364. The predicted molar refractivity (Wildman–Crippen MR) is 117 cm³/mol. The van der Waals surface area contributed by atoms with Crippen LogP contribution in [0.15, 0.2) is 48.9 Å². The Hall–Kier alpha value is -3.62.